The fourth-order valence-electron chi connectivity index (χ4n) is 1.84. The molecule has 0 nitrogen and oxygen atoms in total. The highest BCUT2D eigenvalue weighted by Crippen LogP contribution is 2.37. The van der Waals surface area contributed by atoms with Crippen molar-refractivity contribution in [2.75, 3.05) is 5.88 Å². The van der Waals surface area contributed by atoms with Crippen LogP contribution in [0.4, 0.5) is 0 Å². The highest BCUT2D eigenvalue weighted by atomic mass is 35.5. The molecule has 0 spiro atoms. The minimum absolute atomic E-state index is 0.340. The zero-order valence-corrected chi connectivity index (χ0v) is 8.32. The Bertz CT molecular complexity index is 160. The number of rotatable bonds is 3. The summed E-state index contributed by atoms with van der Waals surface area (Å²) in [5.41, 5.74) is 0.340. The van der Waals surface area contributed by atoms with E-state index in [4.69, 9.17) is 11.6 Å². The van der Waals surface area contributed by atoms with Crippen LogP contribution >= 0.6 is 11.6 Å². The van der Waals surface area contributed by atoms with Crippen LogP contribution in [0.2, 0.25) is 0 Å². The lowest BCUT2D eigenvalue weighted by Gasteiger charge is -2.29. The molecule has 0 N–H and O–H groups in total. The van der Waals surface area contributed by atoms with Crippen LogP contribution in [0.5, 0.6) is 0 Å². The first-order valence-electron chi connectivity index (χ1n) is 4.65. The zero-order chi connectivity index (χ0) is 8.86. The van der Waals surface area contributed by atoms with Gasteiger partial charge in [-0.1, -0.05) is 18.2 Å². The molecule has 0 bridgehead atoms. The first-order chi connectivity index (χ1) is 5.83. The smallest absolute Gasteiger partial charge is 0.0283 e. The van der Waals surface area contributed by atoms with E-state index < -0.39 is 0 Å². The monoisotopic (exact) mass is 184 g/mol. The highest BCUT2D eigenvalue weighted by molar-refractivity contribution is 6.18. The molecule has 0 unspecified atom stereocenters. The Hall–Kier alpha value is -0.230. The van der Waals surface area contributed by atoms with Gasteiger partial charge in [-0.3, -0.25) is 0 Å². The molecule has 0 atom stereocenters. The zero-order valence-electron chi connectivity index (χ0n) is 7.56. The molecule has 0 saturated carbocycles. The van der Waals surface area contributed by atoms with E-state index in [2.05, 4.69) is 18.7 Å². The highest BCUT2D eigenvalue weighted by Gasteiger charge is 2.27. The third kappa shape index (κ3) is 2.38. The van der Waals surface area contributed by atoms with Crippen LogP contribution in [0.3, 0.4) is 0 Å². The van der Waals surface area contributed by atoms with Crippen LogP contribution in [0, 0.1) is 5.41 Å². The normalized spacial score (nSPS) is 21.8. The quantitative estimate of drug-likeness (QED) is 0.461. The van der Waals surface area contributed by atoms with Crippen LogP contribution < -0.4 is 0 Å². The third-order valence-electron chi connectivity index (χ3n) is 2.71. The maximum atomic E-state index is 6.01. The van der Waals surface area contributed by atoms with Crippen molar-refractivity contribution in [3.8, 4) is 0 Å². The Morgan fingerprint density at radius 1 is 1.33 bits per heavy atom. The van der Waals surface area contributed by atoms with E-state index in [0.717, 1.165) is 12.3 Å². The molecule has 1 rings (SSSR count). The predicted octanol–water partition coefficient (Wildman–Crippen LogP) is 3.92. The molecule has 0 aromatic heterocycles. The van der Waals surface area contributed by atoms with E-state index >= 15 is 0 Å². The summed E-state index contributed by atoms with van der Waals surface area (Å²) in [5, 5.41) is 0. The second-order valence-corrected chi connectivity index (χ2v) is 3.94. The van der Waals surface area contributed by atoms with Crippen molar-refractivity contribution >= 4 is 11.6 Å². The lowest BCUT2D eigenvalue weighted by molar-refractivity contribution is 0.291. The molecule has 0 radical (unpaired) electrons. The van der Waals surface area contributed by atoms with Crippen molar-refractivity contribution in [2.24, 2.45) is 5.41 Å². The van der Waals surface area contributed by atoms with Crippen molar-refractivity contribution < 1.29 is 0 Å². The summed E-state index contributed by atoms with van der Waals surface area (Å²) in [4.78, 5) is 0. The van der Waals surface area contributed by atoms with Crippen LogP contribution in [0.25, 0.3) is 0 Å². The van der Waals surface area contributed by atoms with Gasteiger partial charge < -0.3 is 0 Å². The second-order valence-electron chi connectivity index (χ2n) is 3.68. The maximum Gasteiger partial charge on any atom is 0.0283 e. The SMILES string of the molecule is C=CCC1(CCl)CCC=CCC1. The molecule has 0 aromatic carbocycles. The van der Waals surface area contributed by atoms with E-state index in [1.54, 1.807) is 0 Å². The number of hydrogen-bond acceptors (Lipinski definition) is 0. The number of halogens is 1. The summed E-state index contributed by atoms with van der Waals surface area (Å²) in [5.74, 6) is 0.778. The first-order valence-corrected chi connectivity index (χ1v) is 5.18. The average Bonchev–Trinajstić information content (AvgIpc) is 2.32. The minimum atomic E-state index is 0.340. The van der Waals surface area contributed by atoms with Gasteiger partial charge >= 0.3 is 0 Å². The standard InChI is InChI=1S/C11H17Cl/c1-2-7-11(10-12)8-5-3-4-6-9-11/h2-4H,1,5-10H2. The van der Waals surface area contributed by atoms with Gasteiger partial charge in [-0.25, -0.2) is 0 Å². The van der Waals surface area contributed by atoms with Crippen LogP contribution in [-0.4, -0.2) is 5.88 Å². The molecule has 1 heteroatoms. The molecule has 0 aromatic rings. The van der Waals surface area contributed by atoms with Gasteiger partial charge in [0, 0.05) is 5.88 Å². The number of alkyl halides is 1. The van der Waals surface area contributed by atoms with Crippen molar-refractivity contribution in [3.63, 3.8) is 0 Å². The van der Waals surface area contributed by atoms with Gasteiger partial charge in [0.15, 0.2) is 0 Å². The van der Waals surface area contributed by atoms with Gasteiger partial charge in [-0.05, 0) is 37.5 Å². The average molecular weight is 185 g/mol. The maximum absolute atomic E-state index is 6.01. The Balaban J connectivity index is 2.58. The molecule has 0 aliphatic heterocycles. The fourth-order valence-corrected chi connectivity index (χ4v) is 2.21. The van der Waals surface area contributed by atoms with Gasteiger partial charge in [0.05, 0.1) is 0 Å². The van der Waals surface area contributed by atoms with Gasteiger partial charge in [0.2, 0.25) is 0 Å². The summed E-state index contributed by atoms with van der Waals surface area (Å²) in [6.45, 7) is 3.80. The third-order valence-corrected chi connectivity index (χ3v) is 3.28. The van der Waals surface area contributed by atoms with E-state index in [0.29, 0.717) is 5.41 Å². The second kappa shape index (κ2) is 4.71. The molecule has 0 heterocycles. The number of hydrogen-bond donors (Lipinski definition) is 0. The van der Waals surface area contributed by atoms with E-state index in [9.17, 15) is 0 Å². The fraction of sp³-hybridized carbons (Fsp3) is 0.636. The Labute approximate surface area is 80.3 Å². The largest absolute Gasteiger partial charge is 0.126 e. The van der Waals surface area contributed by atoms with Crippen molar-refractivity contribution in [2.45, 2.75) is 32.1 Å². The minimum Gasteiger partial charge on any atom is -0.126 e. The van der Waals surface area contributed by atoms with Crippen molar-refractivity contribution in [1.82, 2.24) is 0 Å². The van der Waals surface area contributed by atoms with Gasteiger partial charge in [0.1, 0.15) is 0 Å². The molecule has 0 amide bonds. The molecule has 0 fully saturated rings. The van der Waals surface area contributed by atoms with E-state index in [1.165, 1.54) is 25.7 Å². The first kappa shape index (κ1) is 9.85. The summed E-state index contributed by atoms with van der Waals surface area (Å²) >= 11 is 6.01. The Kier molecular flexibility index (Phi) is 3.87. The Morgan fingerprint density at radius 2 is 1.92 bits per heavy atom. The molecular weight excluding hydrogens is 168 g/mol. The molecular formula is C11H17Cl. The van der Waals surface area contributed by atoms with Gasteiger partial charge in [0.25, 0.3) is 0 Å². The van der Waals surface area contributed by atoms with E-state index in [-0.39, 0.29) is 0 Å². The Morgan fingerprint density at radius 3 is 2.33 bits per heavy atom. The topological polar surface area (TPSA) is 0 Å². The van der Waals surface area contributed by atoms with Crippen LogP contribution in [-0.2, 0) is 0 Å². The van der Waals surface area contributed by atoms with Crippen LogP contribution in [0.15, 0.2) is 24.8 Å². The predicted molar refractivity (Wildman–Crippen MR) is 55.6 cm³/mol. The number of allylic oxidation sites excluding steroid dienone is 3. The molecule has 68 valence electrons. The van der Waals surface area contributed by atoms with Crippen molar-refractivity contribution in [3.05, 3.63) is 24.8 Å². The summed E-state index contributed by atoms with van der Waals surface area (Å²) in [6.07, 6.45) is 12.4. The molecule has 0 saturated heterocycles. The van der Waals surface area contributed by atoms with E-state index in [1.807, 2.05) is 6.08 Å². The summed E-state index contributed by atoms with van der Waals surface area (Å²) in [7, 11) is 0. The summed E-state index contributed by atoms with van der Waals surface area (Å²) < 4.78 is 0. The molecule has 12 heavy (non-hydrogen) atoms. The summed E-state index contributed by atoms with van der Waals surface area (Å²) in [6, 6.07) is 0. The van der Waals surface area contributed by atoms with Crippen molar-refractivity contribution in [1.29, 1.82) is 0 Å². The lowest BCUT2D eigenvalue weighted by Crippen LogP contribution is -2.21. The molecule has 1 aliphatic carbocycles. The van der Waals surface area contributed by atoms with Crippen LogP contribution in [0.1, 0.15) is 32.1 Å². The van der Waals surface area contributed by atoms with Gasteiger partial charge in [-0.15, -0.1) is 18.2 Å². The molecule has 1 aliphatic rings. The lowest BCUT2D eigenvalue weighted by atomic mass is 9.79. The van der Waals surface area contributed by atoms with Gasteiger partial charge in [-0.2, -0.15) is 0 Å².